The first-order chi connectivity index (χ1) is 11.7. The molecule has 0 N–H and O–H groups in total. The molecule has 4 heterocycles. The summed E-state index contributed by atoms with van der Waals surface area (Å²) in [6, 6.07) is 5.92. The van der Waals surface area contributed by atoms with Crippen molar-refractivity contribution in [2.45, 2.75) is 25.7 Å². The van der Waals surface area contributed by atoms with Gasteiger partial charge in [-0.2, -0.15) is 0 Å². The van der Waals surface area contributed by atoms with Crippen LogP contribution >= 0.6 is 11.6 Å². The predicted octanol–water partition coefficient (Wildman–Crippen LogP) is 4.18. The van der Waals surface area contributed by atoms with Crippen molar-refractivity contribution < 1.29 is 0 Å². The second-order valence-electron chi connectivity index (χ2n) is 6.21. The van der Waals surface area contributed by atoms with Crippen LogP contribution in [0.15, 0.2) is 36.8 Å². The van der Waals surface area contributed by atoms with E-state index >= 15 is 0 Å². The predicted molar refractivity (Wildman–Crippen MR) is 93.2 cm³/mol. The Balaban J connectivity index is 1.86. The fourth-order valence-corrected chi connectivity index (χ4v) is 3.31. The minimum atomic E-state index is 0.561. The minimum Gasteiger partial charge on any atom is -0.273 e. The molecule has 0 aliphatic heterocycles. The van der Waals surface area contributed by atoms with Gasteiger partial charge in [0.05, 0.1) is 22.4 Å². The van der Waals surface area contributed by atoms with Crippen molar-refractivity contribution in [3.8, 4) is 11.4 Å². The highest BCUT2D eigenvalue weighted by molar-refractivity contribution is 6.33. The van der Waals surface area contributed by atoms with Gasteiger partial charge in [-0.3, -0.25) is 9.38 Å². The molecular formula is C18H14ClN5. The molecule has 0 atom stereocenters. The van der Waals surface area contributed by atoms with Gasteiger partial charge in [-0.1, -0.05) is 11.6 Å². The number of halogens is 1. The van der Waals surface area contributed by atoms with E-state index in [1.54, 1.807) is 12.4 Å². The van der Waals surface area contributed by atoms with Crippen LogP contribution < -0.4 is 0 Å². The van der Waals surface area contributed by atoms with Gasteiger partial charge >= 0.3 is 0 Å². The van der Waals surface area contributed by atoms with Gasteiger partial charge in [0, 0.05) is 29.6 Å². The Morgan fingerprint density at radius 1 is 1.17 bits per heavy atom. The highest BCUT2D eigenvalue weighted by atomic mass is 35.5. The molecule has 6 heteroatoms. The molecule has 24 heavy (non-hydrogen) atoms. The van der Waals surface area contributed by atoms with Crippen molar-refractivity contribution in [3.05, 3.63) is 53.2 Å². The largest absolute Gasteiger partial charge is 0.273 e. The number of nitrogens with zero attached hydrogens (tertiary/aromatic N) is 5. The molecule has 1 aliphatic rings. The SMILES string of the molecule is Cc1nc2cccnc2n2c(-c3cc(C4CC4)ncc3Cl)ncc12. The Bertz CT molecular complexity index is 1100. The topological polar surface area (TPSA) is 56.0 Å². The minimum absolute atomic E-state index is 0.561. The second kappa shape index (κ2) is 4.98. The third kappa shape index (κ3) is 2.01. The van der Waals surface area contributed by atoms with Gasteiger partial charge in [-0.05, 0) is 38.0 Å². The zero-order valence-electron chi connectivity index (χ0n) is 13.1. The molecule has 1 aliphatic carbocycles. The molecule has 1 fully saturated rings. The molecule has 0 unspecified atom stereocenters. The van der Waals surface area contributed by atoms with Gasteiger partial charge in [0.2, 0.25) is 0 Å². The number of hydrogen-bond acceptors (Lipinski definition) is 4. The summed E-state index contributed by atoms with van der Waals surface area (Å²) in [5.41, 5.74) is 5.47. The first kappa shape index (κ1) is 13.9. The maximum Gasteiger partial charge on any atom is 0.164 e. The van der Waals surface area contributed by atoms with Crippen molar-refractivity contribution in [2.24, 2.45) is 0 Å². The van der Waals surface area contributed by atoms with E-state index in [2.05, 4.69) is 26.0 Å². The van der Waals surface area contributed by atoms with Gasteiger partial charge < -0.3 is 0 Å². The zero-order valence-corrected chi connectivity index (χ0v) is 13.8. The summed E-state index contributed by atoms with van der Waals surface area (Å²) in [7, 11) is 0. The highest BCUT2D eigenvalue weighted by Crippen LogP contribution is 2.41. The summed E-state index contributed by atoms with van der Waals surface area (Å²) in [6.45, 7) is 1.98. The van der Waals surface area contributed by atoms with Gasteiger partial charge in [0.1, 0.15) is 11.3 Å². The molecule has 0 amide bonds. The lowest BCUT2D eigenvalue weighted by Crippen LogP contribution is -2.00. The van der Waals surface area contributed by atoms with Gasteiger partial charge in [-0.15, -0.1) is 0 Å². The Hall–Kier alpha value is -2.53. The van der Waals surface area contributed by atoms with E-state index in [1.165, 1.54) is 12.8 Å². The summed E-state index contributed by atoms with van der Waals surface area (Å²) in [5.74, 6) is 1.35. The maximum absolute atomic E-state index is 6.45. The summed E-state index contributed by atoms with van der Waals surface area (Å²) >= 11 is 6.45. The van der Waals surface area contributed by atoms with E-state index < -0.39 is 0 Å². The third-order valence-electron chi connectivity index (χ3n) is 4.51. The van der Waals surface area contributed by atoms with Crippen LogP contribution in [0.25, 0.3) is 28.1 Å². The molecule has 4 aromatic rings. The Labute approximate surface area is 143 Å². The Morgan fingerprint density at radius 2 is 2.04 bits per heavy atom. The molecule has 4 aromatic heterocycles. The molecule has 0 bridgehead atoms. The fourth-order valence-electron chi connectivity index (χ4n) is 3.13. The van der Waals surface area contributed by atoms with Crippen LogP contribution in [-0.4, -0.2) is 24.3 Å². The number of aryl methyl sites for hydroxylation is 1. The number of pyridine rings is 2. The lowest BCUT2D eigenvalue weighted by atomic mass is 10.1. The molecule has 0 spiro atoms. The van der Waals surface area contributed by atoms with E-state index in [9.17, 15) is 0 Å². The van der Waals surface area contributed by atoms with E-state index in [4.69, 9.17) is 11.6 Å². The van der Waals surface area contributed by atoms with Crippen molar-refractivity contribution in [1.82, 2.24) is 24.3 Å². The quantitative estimate of drug-likeness (QED) is 0.551. The van der Waals surface area contributed by atoms with Crippen LogP contribution in [-0.2, 0) is 0 Å². The van der Waals surface area contributed by atoms with Crippen molar-refractivity contribution in [3.63, 3.8) is 0 Å². The molecule has 0 radical (unpaired) electrons. The number of aromatic nitrogens is 5. The second-order valence-corrected chi connectivity index (χ2v) is 6.62. The lowest BCUT2D eigenvalue weighted by Gasteiger charge is -2.09. The highest BCUT2D eigenvalue weighted by Gasteiger charge is 2.26. The van der Waals surface area contributed by atoms with Crippen LogP contribution in [0.1, 0.15) is 30.1 Å². The van der Waals surface area contributed by atoms with Crippen molar-refractivity contribution in [1.29, 1.82) is 0 Å². The molecule has 0 saturated heterocycles. The van der Waals surface area contributed by atoms with E-state index in [0.717, 1.165) is 39.5 Å². The van der Waals surface area contributed by atoms with Crippen LogP contribution in [0.2, 0.25) is 5.02 Å². The smallest absolute Gasteiger partial charge is 0.164 e. The standard InChI is InChI=1S/C18H14ClN5/c1-10-16-9-22-17(24(16)18-14(23-10)3-2-6-20-18)12-7-15(11-4-5-11)21-8-13(12)19/h2-3,6-9,11H,4-5H2,1H3. The van der Waals surface area contributed by atoms with Crippen molar-refractivity contribution >= 4 is 28.3 Å². The van der Waals surface area contributed by atoms with Gasteiger partial charge in [-0.25, -0.2) is 15.0 Å². The monoisotopic (exact) mass is 335 g/mol. The third-order valence-corrected chi connectivity index (χ3v) is 4.81. The fraction of sp³-hybridized carbons (Fsp3) is 0.222. The Kier molecular flexibility index (Phi) is 2.88. The number of fused-ring (bicyclic) bond motifs is 3. The summed E-state index contributed by atoms with van der Waals surface area (Å²) in [4.78, 5) is 18.2. The molecular weight excluding hydrogens is 322 g/mol. The average molecular weight is 336 g/mol. The van der Waals surface area contributed by atoms with Crippen LogP contribution in [0, 0.1) is 6.92 Å². The average Bonchev–Trinajstić information content (AvgIpc) is 3.34. The van der Waals surface area contributed by atoms with E-state index in [1.807, 2.05) is 29.7 Å². The van der Waals surface area contributed by atoms with Crippen molar-refractivity contribution in [2.75, 3.05) is 0 Å². The van der Waals surface area contributed by atoms with Crippen LogP contribution in [0.4, 0.5) is 0 Å². The molecule has 118 valence electrons. The molecule has 1 saturated carbocycles. The summed E-state index contributed by atoms with van der Waals surface area (Å²) < 4.78 is 2.04. The van der Waals surface area contributed by atoms with Crippen LogP contribution in [0.5, 0.6) is 0 Å². The zero-order chi connectivity index (χ0) is 16.3. The summed E-state index contributed by atoms with van der Waals surface area (Å²) in [6.07, 6.45) is 7.73. The maximum atomic E-state index is 6.45. The normalized spacial score (nSPS) is 14.6. The molecule has 5 rings (SSSR count). The van der Waals surface area contributed by atoms with E-state index in [0.29, 0.717) is 10.9 Å². The molecule has 0 aromatic carbocycles. The van der Waals surface area contributed by atoms with E-state index in [-0.39, 0.29) is 0 Å². The number of imidazole rings is 1. The van der Waals surface area contributed by atoms with Crippen LogP contribution in [0.3, 0.4) is 0 Å². The first-order valence-corrected chi connectivity index (χ1v) is 8.35. The number of hydrogen-bond donors (Lipinski definition) is 0. The van der Waals surface area contributed by atoms with Gasteiger partial charge in [0.25, 0.3) is 0 Å². The number of rotatable bonds is 2. The first-order valence-electron chi connectivity index (χ1n) is 7.97. The Morgan fingerprint density at radius 3 is 2.88 bits per heavy atom. The van der Waals surface area contributed by atoms with Gasteiger partial charge in [0.15, 0.2) is 5.65 Å². The lowest BCUT2D eigenvalue weighted by molar-refractivity contribution is 1.02. The molecule has 5 nitrogen and oxygen atoms in total. The summed E-state index contributed by atoms with van der Waals surface area (Å²) in [5, 5.41) is 0.602.